The zero-order valence-electron chi connectivity index (χ0n) is 12.4. The maximum absolute atomic E-state index is 11.9. The largest absolute Gasteiger partial charge is 0.350 e. The molecule has 0 bridgehead atoms. The molecule has 21 heavy (non-hydrogen) atoms. The van der Waals surface area contributed by atoms with E-state index in [-0.39, 0.29) is 30.4 Å². The molecule has 0 aliphatic carbocycles. The Morgan fingerprint density at radius 1 is 1.24 bits per heavy atom. The van der Waals surface area contributed by atoms with Gasteiger partial charge in [0, 0.05) is 12.1 Å². The van der Waals surface area contributed by atoms with Crippen molar-refractivity contribution >= 4 is 11.8 Å². The van der Waals surface area contributed by atoms with E-state index < -0.39 is 0 Å². The number of amides is 2. The van der Waals surface area contributed by atoms with Crippen LogP contribution in [0.3, 0.4) is 0 Å². The van der Waals surface area contributed by atoms with Crippen LogP contribution in [0.15, 0.2) is 30.3 Å². The number of hydrogen-bond donors (Lipinski definition) is 3. The molecule has 114 valence electrons. The number of carbonyl (C=O) groups excluding carboxylic acids is 2. The van der Waals surface area contributed by atoms with Gasteiger partial charge in [0.15, 0.2) is 0 Å². The molecule has 5 heteroatoms. The van der Waals surface area contributed by atoms with Crippen molar-refractivity contribution in [2.24, 2.45) is 0 Å². The maximum atomic E-state index is 11.9. The number of rotatable bonds is 5. The zero-order valence-corrected chi connectivity index (χ0v) is 12.4. The van der Waals surface area contributed by atoms with Gasteiger partial charge in [-0.3, -0.25) is 9.59 Å². The lowest BCUT2D eigenvalue weighted by molar-refractivity contribution is -0.126. The number of carbonyl (C=O) groups is 2. The summed E-state index contributed by atoms with van der Waals surface area (Å²) in [6.07, 6.45) is 2.35. The molecule has 0 saturated carbocycles. The van der Waals surface area contributed by atoms with E-state index in [9.17, 15) is 9.59 Å². The van der Waals surface area contributed by atoms with Gasteiger partial charge in [-0.05, 0) is 31.9 Å². The molecule has 1 aliphatic heterocycles. The van der Waals surface area contributed by atoms with Crippen LogP contribution in [0.4, 0.5) is 0 Å². The first kappa shape index (κ1) is 15.5. The van der Waals surface area contributed by atoms with Crippen LogP contribution >= 0.6 is 0 Å². The molecule has 0 radical (unpaired) electrons. The van der Waals surface area contributed by atoms with Gasteiger partial charge in [0.2, 0.25) is 11.8 Å². The molecule has 2 rings (SSSR count). The lowest BCUT2D eigenvalue weighted by Gasteiger charge is -2.30. The van der Waals surface area contributed by atoms with Crippen LogP contribution in [0.1, 0.15) is 25.3 Å². The molecule has 2 unspecified atom stereocenters. The Morgan fingerprint density at radius 2 is 2.00 bits per heavy atom. The third kappa shape index (κ3) is 5.19. The van der Waals surface area contributed by atoms with Crippen LogP contribution in [0.25, 0.3) is 0 Å². The molecule has 3 N–H and O–H groups in total. The van der Waals surface area contributed by atoms with Crippen molar-refractivity contribution in [3.8, 4) is 0 Å². The fourth-order valence-electron chi connectivity index (χ4n) is 2.52. The minimum absolute atomic E-state index is 0.0366. The summed E-state index contributed by atoms with van der Waals surface area (Å²) in [4.78, 5) is 23.6. The number of benzene rings is 1. The summed E-state index contributed by atoms with van der Waals surface area (Å²) in [5, 5.41) is 8.97. The minimum Gasteiger partial charge on any atom is -0.350 e. The summed E-state index contributed by atoms with van der Waals surface area (Å²) in [5.41, 5.74) is 0.945. The van der Waals surface area contributed by atoms with Gasteiger partial charge in [-0.25, -0.2) is 0 Å². The fourth-order valence-corrected chi connectivity index (χ4v) is 2.52. The highest BCUT2D eigenvalue weighted by Crippen LogP contribution is 2.07. The number of piperidine rings is 1. The quantitative estimate of drug-likeness (QED) is 0.743. The molecule has 1 aromatic carbocycles. The molecule has 2 atom stereocenters. The average Bonchev–Trinajstić information content (AvgIpc) is 2.49. The van der Waals surface area contributed by atoms with E-state index in [1.807, 2.05) is 30.3 Å². The van der Waals surface area contributed by atoms with Gasteiger partial charge in [-0.1, -0.05) is 30.3 Å². The first-order chi connectivity index (χ1) is 10.1. The normalized spacial score (nSPS) is 21.6. The Balaban J connectivity index is 1.69. The van der Waals surface area contributed by atoms with E-state index in [1.54, 1.807) is 0 Å². The predicted octanol–water partition coefficient (Wildman–Crippen LogP) is 0.602. The summed E-state index contributed by atoms with van der Waals surface area (Å²) >= 11 is 0. The van der Waals surface area contributed by atoms with Crippen LogP contribution in [0.2, 0.25) is 0 Å². The highest BCUT2D eigenvalue weighted by atomic mass is 16.2. The summed E-state index contributed by atoms with van der Waals surface area (Å²) in [6.45, 7) is 3.11. The molecule has 1 fully saturated rings. The van der Waals surface area contributed by atoms with Gasteiger partial charge in [0.1, 0.15) is 0 Å². The summed E-state index contributed by atoms with van der Waals surface area (Å²) < 4.78 is 0. The monoisotopic (exact) mass is 289 g/mol. The molecule has 1 saturated heterocycles. The summed E-state index contributed by atoms with van der Waals surface area (Å²) in [6, 6.07) is 9.93. The molecule has 5 nitrogen and oxygen atoms in total. The molecule has 0 aromatic heterocycles. The smallest absolute Gasteiger partial charge is 0.239 e. The van der Waals surface area contributed by atoms with Crippen molar-refractivity contribution in [3.63, 3.8) is 0 Å². The Morgan fingerprint density at radius 3 is 2.71 bits per heavy atom. The first-order valence-electron chi connectivity index (χ1n) is 7.48. The second-order valence-electron chi connectivity index (χ2n) is 5.50. The highest BCUT2D eigenvalue weighted by Gasteiger charge is 2.22. The summed E-state index contributed by atoms with van der Waals surface area (Å²) in [5.74, 6) is -0.261. The predicted molar refractivity (Wildman–Crippen MR) is 81.8 cm³/mol. The van der Waals surface area contributed by atoms with E-state index in [2.05, 4.69) is 22.9 Å². The lowest BCUT2D eigenvalue weighted by atomic mass is 10.00. The molecule has 1 aliphatic rings. The Hall–Kier alpha value is -1.88. The van der Waals surface area contributed by atoms with Crippen molar-refractivity contribution in [2.75, 3.05) is 13.1 Å². The van der Waals surface area contributed by atoms with Crippen molar-refractivity contribution in [3.05, 3.63) is 35.9 Å². The Labute approximate surface area is 125 Å². The number of nitrogens with one attached hydrogen (secondary N) is 3. The molecule has 0 spiro atoms. The van der Waals surface area contributed by atoms with Gasteiger partial charge < -0.3 is 16.0 Å². The Bertz CT molecular complexity index is 476. The van der Waals surface area contributed by atoms with Crippen LogP contribution in [-0.2, 0) is 16.0 Å². The van der Waals surface area contributed by atoms with Crippen molar-refractivity contribution in [1.82, 2.24) is 16.0 Å². The lowest BCUT2D eigenvalue weighted by Crippen LogP contribution is -2.53. The van der Waals surface area contributed by atoms with Crippen molar-refractivity contribution in [2.45, 2.75) is 38.3 Å². The average molecular weight is 289 g/mol. The third-order valence-electron chi connectivity index (χ3n) is 3.76. The first-order valence-corrected chi connectivity index (χ1v) is 7.48. The van der Waals surface area contributed by atoms with E-state index >= 15 is 0 Å². The van der Waals surface area contributed by atoms with Gasteiger partial charge >= 0.3 is 0 Å². The van der Waals surface area contributed by atoms with Crippen molar-refractivity contribution in [1.29, 1.82) is 0 Å². The maximum Gasteiger partial charge on any atom is 0.239 e. The SMILES string of the molecule is CC1NCCCC1NC(=O)CNC(=O)Cc1ccccc1. The van der Waals surface area contributed by atoms with Gasteiger partial charge in [-0.2, -0.15) is 0 Å². The van der Waals surface area contributed by atoms with Crippen LogP contribution < -0.4 is 16.0 Å². The van der Waals surface area contributed by atoms with E-state index in [0.29, 0.717) is 6.42 Å². The highest BCUT2D eigenvalue weighted by molar-refractivity contribution is 5.85. The molecule has 2 amide bonds. The molecular formula is C16H23N3O2. The fraction of sp³-hybridized carbons (Fsp3) is 0.500. The van der Waals surface area contributed by atoms with E-state index in [4.69, 9.17) is 0 Å². The van der Waals surface area contributed by atoms with E-state index in [0.717, 1.165) is 24.9 Å². The zero-order chi connectivity index (χ0) is 15.1. The van der Waals surface area contributed by atoms with Crippen molar-refractivity contribution < 1.29 is 9.59 Å². The van der Waals surface area contributed by atoms with Gasteiger partial charge in [0.05, 0.1) is 13.0 Å². The molecule has 1 heterocycles. The minimum atomic E-state index is -0.133. The van der Waals surface area contributed by atoms with Gasteiger partial charge in [0.25, 0.3) is 0 Å². The standard InChI is InChI=1S/C16H23N3O2/c1-12-14(8-5-9-17-12)19-16(21)11-18-15(20)10-13-6-3-2-4-7-13/h2-4,6-7,12,14,17H,5,8-11H2,1H3,(H,18,20)(H,19,21). The molecule has 1 aromatic rings. The topological polar surface area (TPSA) is 70.2 Å². The van der Waals surface area contributed by atoms with Gasteiger partial charge in [-0.15, -0.1) is 0 Å². The summed E-state index contributed by atoms with van der Waals surface area (Å²) in [7, 11) is 0. The third-order valence-corrected chi connectivity index (χ3v) is 3.76. The number of hydrogen-bond acceptors (Lipinski definition) is 3. The van der Waals surface area contributed by atoms with Crippen LogP contribution in [-0.4, -0.2) is 37.0 Å². The molecular weight excluding hydrogens is 266 g/mol. The van der Waals surface area contributed by atoms with Crippen LogP contribution in [0.5, 0.6) is 0 Å². The van der Waals surface area contributed by atoms with Crippen LogP contribution in [0, 0.1) is 0 Å². The Kier molecular flexibility index (Phi) is 5.75. The van der Waals surface area contributed by atoms with E-state index in [1.165, 1.54) is 0 Å². The second kappa shape index (κ2) is 7.78. The second-order valence-corrected chi connectivity index (χ2v) is 5.50.